The summed E-state index contributed by atoms with van der Waals surface area (Å²) >= 11 is 0. The third kappa shape index (κ3) is 5.58. The van der Waals surface area contributed by atoms with Crippen LogP contribution in [0.15, 0.2) is 54.7 Å². The second-order valence-corrected chi connectivity index (χ2v) is 12.0. The lowest BCUT2D eigenvalue weighted by molar-refractivity contribution is -0.128. The van der Waals surface area contributed by atoms with Crippen molar-refractivity contribution in [1.82, 2.24) is 9.88 Å². The van der Waals surface area contributed by atoms with Gasteiger partial charge < -0.3 is 5.32 Å². The lowest BCUT2D eigenvalue weighted by atomic mass is 9.70. The molecule has 5 rings (SSSR count). The van der Waals surface area contributed by atoms with Gasteiger partial charge in [0.2, 0.25) is 5.91 Å². The van der Waals surface area contributed by atoms with Gasteiger partial charge in [-0.2, -0.15) is 13.7 Å². The zero-order valence-electron chi connectivity index (χ0n) is 21.5. The highest BCUT2D eigenvalue weighted by Crippen LogP contribution is 2.42. The van der Waals surface area contributed by atoms with Gasteiger partial charge in [-0.15, -0.1) is 0 Å². The number of pyridine rings is 1. The molecule has 1 aliphatic carbocycles. The molecule has 3 aromatic rings. The van der Waals surface area contributed by atoms with Crippen molar-refractivity contribution in [3.8, 4) is 6.07 Å². The van der Waals surface area contributed by atoms with Crippen molar-refractivity contribution in [2.45, 2.75) is 51.2 Å². The number of amides is 1. The van der Waals surface area contributed by atoms with E-state index in [2.05, 4.69) is 16.4 Å². The fraction of sp³-hybridized carbons (Fsp3) is 0.414. The Hall–Kier alpha value is -3.32. The van der Waals surface area contributed by atoms with E-state index in [1.54, 1.807) is 24.4 Å². The zero-order valence-corrected chi connectivity index (χ0v) is 22.3. The first kappa shape index (κ1) is 26.3. The Balaban J connectivity index is 1.39. The molecule has 1 aromatic heterocycles. The predicted molar refractivity (Wildman–Crippen MR) is 146 cm³/mol. The van der Waals surface area contributed by atoms with Crippen LogP contribution in [0.2, 0.25) is 0 Å². The monoisotopic (exact) mass is 532 g/mol. The molecular weight excluding hydrogens is 500 g/mol. The van der Waals surface area contributed by atoms with Crippen LogP contribution >= 0.6 is 0 Å². The van der Waals surface area contributed by atoms with Crippen molar-refractivity contribution in [3.63, 3.8) is 0 Å². The van der Waals surface area contributed by atoms with Gasteiger partial charge in [0, 0.05) is 30.2 Å². The van der Waals surface area contributed by atoms with Crippen LogP contribution in [-0.2, 0) is 25.5 Å². The van der Waals surface area contributed by atoms with Crippen LogP contribution in [0.5, 0.6) is 0 Å². The molecule has 1 N–H and O–H groups in total. The molecule has 0 spiro atoms. The quantitative estimate of drug-likeness (QED) is 0.430. The molecule has 1 atom stereocenters. The molecule has 1 aliphatic heterocycles. The van der Waals surface area contributed by atoms with Crippen molar-refractivity contribution in [3.05, 3.63) is 71.4 Å². The van der Waals surface area contributed by atoms with Gasteiger partial charge in [-0.3, -0.25) is 14.7 Å². The maximum Gasteiger partial charge on any atom is 0.266 e. The van der Waals surface area contributed by atoms with Crippen molar-refractivity contribution >= 4 is 32.6 Å². The number of carbonyl (C=O) groups is 1. The second-order valence-electron chi connectivity index (χ2n) is 10.4. The Labute approximate surface area is 223 Å². The summed E-state index contributed by atoms with van der Waals surface area (Å²) in [5.74, 6) is 0.00482. The van der Waals surface area contributed by atoms with E-state index in [4.69, 9.17) is 4.18 Å². The number of hydrogen-bond donors (Lipinski definition) is 1. The standard InChI is InChI=1S/C29H32N4O4S/c1-38(35,36)37-27-23-10-9-21(20-30)19-22(23)12-17-33(27)18-15-29(13-5-2-6-14-29)28(34)32-26-11-16-31-25-8-4-3-7-24(25)26/h3-4,7-11,16,19,27H,2,5-6,12-15,17-18H2,1H3,(H,31,32,34). The Morgan fingerprint density at radius 2 is 1.97 bits per heavy atom. The molecule has 1 fully saturated rings. The summed E-state index contributed by atoms with van der Waals surface area (Å²) in [7, 11) is -3.74. The maximum atomic E-state index is 13.9. The van der Waals surface area contributed by atoms with Crippen LogP contribution < -0.4 is 5.32 Å². The summed E-state index contributed by atoms with van der Waals surface area (Å²) in [6, 6.07) is 17.0. The molecule has 9 heteroatoms. The lowest BCUT2D eigenvalue weighted by Crippen LogP contribution is -2.44. The number of carbonyl (C=O) groups excluding carboxylic acids is 1. The summed E-state index contributed by atoms with van der Waals surface area (Å²) in [6.45, 7) is 1.10. The van der Waals surface area contributed by atoms with Crippen molar-refractivity contribution in [1.29, 1.82) is 5.26 Å². The van der Waals surface area contributed by atoms with E-state index in [1.165, 1.54) is 0 Å². The molecule has 38 heavy (non-hydrogen) atoms. The van der Waals surface area contributed by atoms with Gasteiger partial charge in [0.1, 0.15) is 0 Å². The van der Waals surface area contributed by atoms with E-state index >= 15 is 0 Å². The first-order chi connectivity index (χ1) is 18.3. The largest absolute Gasteiger partial charge is 0.325 e. The highest BCUT2D eigenvalue weighted by atomic mass is 32.2. The Morgan fingerprint density at radius 3 is 2.74 bits per heavy atom. The van der Waals surface area contributed by atoms with Crippen molar-refractivity contribution in [2.75, 3.05) is 24.7 Å². The van der Waals surface area contributed by atoms with Crippen LogP contribution in [0.1, 0.15) is 61.4 Å². The molecule has 2 aromatic carbocycles. The molecule has 1 unspecified atom stereocenters. The number of hydrogen-bond acceptors (Lipinski definition) is 7. The molecule has 8 nitrogen and oxygen atoms in total. The molecule has 2 aliphatic rings. The minimum absolute atomic E-state index is 0.00482. The molecule has 0 saturated heterocycles. The van der Waals surface area contributed by atoms with Gasteiger partial charge in [-0.1, -0.05) is 43.5 Å². The minimum Gasteiger partial charge on any atom is -0.325 e. The first-order valence-electron chi connectivity index (χ1n) is 13.1. The molecule has 1 amide bonds. The summed E-state index contributed by atoms with van der Waals surface area (Å²) in [4.78, 5) is 20.3. The van der Waals surface area contributed by atoms with Crippen LogP contribution in [0, 0.1) is 16.7 Å². The number of nitriles is 1. The SMILES string of the molecule is CS(=O)(=O)OC1c2ccc(C#N)cc2CCN1CCC1(C(=O)Nc2ccnc3ccccc23)CCCCC1. The topological polar surface area (TPSA) is 112 Å². The number of nitrogens with zero attached hydrogens (tertiary/aromatic N) is 3. The van der Waals surface area contributed by atoms with Gasteiger partial charge in [0.25, 0.3) is 10.1 Å². The molecule has 0 radical (unpaired) electrons. The van der Waals surface area contributed by atoms with Gasteiger partial charge in [-0.25, -0.2) is 4.18 Å². The van der Waals surface area contributed by atoms with Crippen molar-refractivity contribution < 1.29 is 17.4 Å². The summed E-state index contributed by atoms with van der Waals surface area (Å²) in [5, 5.41) is 13.4. The van der Waals surface area contributed by atoms with Gasteiger partial charge in [-0.05, 0) is 55.5 Å². The predicted octanol–water partition coefficient (Wildman–Crippen LogP) is 4.92. The number of anilines is 1. The highest BCUT2D eigenvalue weighted by molar-refractivity contribution is 7.86. The third-order valence-electron chi connectivity index (χ3n) is 7.87. The highest BCUT2D eigenvalue weighted by Gasteiger charge is 2.41. The molecule has 2 heterocycles. The Bertz CT molecular complexity index is 1490. The van der Waals surface area contributed by atoms with Crippen LogP contribution in [-0.4, -0.2) is 43.6 Å². The average molecular weight is 533 g/mol. The zero-order chi connectivity index (χ0) is 26.8. The van der Waals surface area contributed by atoms with Crippen LogP contribution in [0.3, 0.4) is 0 Å². The van der Waals surface area contributed by atoms with Crippen LogP contribution in [0.4, 0.5) is 5.69 Å². The number of aromatic nitrogens is 1. The molecule has 1 saturated carbocycles. The van der Waals surface area contributed by atoms with E-state index in [9.17, 15) is 18.5 Å². The van der Waals surface area contributed by atoms with Gasteiger partial charge in [0.15, 0.2) is 6.23 Å². The van der Waals surface area contributed by atoms with Crippen LogP contribution in [0.25, 0.3) is 10.9 Å². The normalized spacial score (nSPS) is 19.4. The number of rotatable bonds is 7. The minimum atomic E-state index is -3.74. The van der Waals surface area contributed by atoms with Gasteiger partial charge in [0.05, 0.1) is 34.5 Å². The smallest absolute Gasteiger partial charge is 0.266 e. The summed E-state index contributed by atoms with van der Waals surface area (Å²) in [6.07, 6.45) is 7.89. The van der Waals surface area contributed by atoms with E-state index in [0.29, 0.717) is 31.5 Å². The fourth-order valence-corrected chi connectivity index (χ4v) is 6.41. The van der Waals surface area contributed by atoms with E-state index in [1.807, 2.05) is 35.2 Å². The molecule has 0 bridgehead atoms. The summed E-state index contributed by atoms with van der Waals surface area (Å²) < 4.78 is 30.0. The lowest BCUT2D eigenvalue weighted by Gasteiger charge is -2.41. The Morgan fingerprint density at radius 1 is 1.18 bits per heavy atom. The van der Waals surface area contributed by atoms with Crippen molar-refractivity contribution in [2.24, 2.45) is 5.41 Å². The first-order valence-corrected chi connectivity index (χ1v) is 14.9. The maximum absolute atomic E-state index is 13.9. The average Bonchev–Trinajstić information content (AvgIpc) is 2.92. The molecular formula is C29H32N4O4S. The number of nitrogens with one attached hydrogen (secondary N) is 1. The number of benzene rings is 2. The van der Waals surface area contributed by atoms with E-state index in [-0.39, 0.29) is 5.91 Å². The molecule has 198 valence electrons. The Kier molecular flexibility index (Phi) is 7.48. The second kappa shape index (κ2) is 10.8. The third-order valence-corrected chi connectivity index (χ3v) is 8.40. The van der Waals surface area contributed by atoms with E-state index < -0.39 is 21.8 Å². The number of para-hydroxylation sites is 1. The summed E-state index contributed by atoms with van der Waals surface area (Å²) in [5.41, 5.74) is 3.24. The van der Waals surface area contributed by atoms with Gasteiger partial charge >= 0.3 is 0 Å². The number of fused-ring (bicyclic) bond motifs is 2. The fourth-order valence-electron chi connectivity index (χ4n) is 5.85. The van der Waals surface area contributed by atoms with E-state index in [0.717, 1.165) is 66.1 Å².